The van der Waals surface area contributed by atoms with E-state index in [2.05, 4.69) is 160 Å². The van der Waals surface area contributed by atoms with E-state index in [0.717, 1.165) is 9.75 Å². The Morgan fingerprint density at radius 1 is 0.373 bits per heavy atom. The number of thiophene rings is 6. The summed E-state index contributed by atoms with van der Waals surface area (Å²) in [5, 5.41) is 0. The normalized spacial score (nSPS) is 18.6. The monoisotopic (exact) mass is 982 g/mol. The summed E-state index contributed by atoms with van der Waals surface area (Å²) in [5.74, 6) is 0. The highest BCUT2D eigenvalue weighted by Gasteiger charge is 2.55. The van der Waals surface area contributed by atoms with Gasteiger partial charge in [0, 0.05) is 30.6 Å². The lowest BCUT2D eigenvalue weighted by Crippen LogP contribution is -2.28. The molecule has 330 valence electrons. The van der Waals surface area contributed by atoms with Gasteiger partial charge in [0.15, 0.2) is 12.6 Å². The Kier molecular flexibility index (Phi) is 9.59. The van der Waals surface area contributed by atoms with Gasteiger partial charge in [-0.3, -0.25) is 0 Å². The average molecular weight is 983 g/mol. The molecule has 2 aliphatic heterocycles. The first-order valence-electron chi connectivity index (χ1n) is 22.7. The fourth-order valence-electron chi connectivity index (χ4n) is 11.0. The van der Waals surface area contributed by atoms with E-state index in [-0.39, 0.29) is 12.6 Å². The highest BCUT2D eigenvalue weighted by Crippen LogP contribution is 2.70. The minimum absolute atomic E-state index is 0.287. The van der Waals surface area contributed by atoms with Gasteiger partial charge in [0.25, 0.3) is 0 Å². The zero-order valence-electron chi connectivity index (χ0n) is 36.8. The molecule has 14 rings (SSSR count). The Morgan fingerprint density at radius 3 is 1.13 bits per heavy atom. The van der Waals surface area contributed by atoms with Crippen molar-refractivity contribution in [2.45, 2.75) is 44.2 Å². The first-order chi connectivity index (χ1) is 32.9. The Hall–Kier alpha value is -4.82. The van der Waals surface area contributed by atoms with Crippen LogP contribution in [0, 0.1) is 20.8 Å². The Balaban J connectivity index is 1.06. The van der Waals surface area contributed by atoms with E-state index in [0.29, 0.717) is 26.4 Å². The van der Waals surface area contributed by atoms with Crippen molar-refractivity contribution in [3.63, 3.8) is 0 Å². The largest absolute Gasteiger partial charge is 0.345 e. The summed E-state index contributed by atoms with van der Waals surface area (Å²) in [4.78, 5) is 12.8. The number of fused-ring (bicyclic) bond motifs is 9. The van der Waals surface area contributed by atoms with Crippen molar-refractivity contribution in [2.24, 2.45) is 0 Å². The molecule has 0 bridgehead atoms. The maximum absolute atomic E-state index is 5.96. The molecule has 2 aliphatic carbocycles. The van der Waals surface area contributed by atoms with Crippen molar-refractivity contribution >= 4 is 77.4 Å². The second-order valence-electron chi connectivity index (χ2n) is 18.0. The molecular formula is C57H42O4S6. The summed E-state index contributed by atoms with van der Waals surface area (Å²) >= 11 is 11.5. The van der Waals surface area contributed by atoms with Crippen LogP contribution in [0.2, 0.25) is 0 Å². The molecule has 10 aromatic rings. The van der Waals surface area contributed by atoms with Crippen LogP contribution in [0.3, 0.4) is 0 Å². The number of hydrogen-bond donors (Lipinski definition) is 0. The summed E-state index contributed by atoms with van der Waals surface area (Å²) in [7, 11) is 0. The quantitative estimate of drug-likeness (QED) is 0.152. The maximum Gasteiger partial charge on any atom is 0.193 e. The van der Waals surface area contributed by atoms with E-state index >= 15 is 0 Å². The van der Waals surface area contributed by atoms with Crippen LogP contribution in [-0.4, -0.2) is 26.4 Å². The lowest BCUT2D eigenvalue weighted by atomic mass is 9.67. The van der Waals surface area contributed by atoms with Gasteiger partial charge in [-0.05, 0) is 90.6 Å². The maximum atomic E-state index is 5.96. The van der Waals surface area contributed by atoms with E-state index in [1.165, 1.54) is 110 Å². The van der Waals surface area contributed by atoms with Crippen LogP contribution in [0.4, 0.5) is 0 Å². The molecule has 2 fully saturated rings. The van der Waals surface area contributed by atoms with Crippen LogP contribution in [0.25, 0.3) is 48.4 Å². The van der Waals surface area contributed by atoms with E-state index in [9.17, 15) is 0 Å². The fraction of sp³-hybridized carbons (Fsp3) is 0.193. The average Bonchev–Trinajstić information content (AvgIpc) is 4.19. The molecule has 4 aliphatic rings. The Bertz CT molecular complexity index is 3470. The van der Waals surface area contributed by atoms with E-state index in [4.69, 9.17) is 18.9 Å². The second-order valence-corrected chi connectivity index (χ2v) is 24.4. The number of aryl methyl sites for hydroxylation is 3. The molecule has 0 saturated carbocycles. The van der Waals surface area contributed by atoms with Gasteiger partial charge < -0.3 is 18.9 Å². The number of rotatable bonds is 8. The molecule has 4 aromatic carbocycles. The van der Waals surface area contributed by atoms with E-state index in [1.807, 2.05) is 45.3 Å². The highest BCUT2D eigenvalue weighted by molar-refractivity contribution is 7.35. The molecular weight excluding hydrogens is 941 g/mol. The molecule has 0 radical (unpaired) electrons. The van der Waals surface area contributed by atoms with Gasteiger partial charge in [-0.25, -0.2) is 0 Å². The van der Waals surface area contributed by atoms with Crippen molar-refractivity contribution < 1.29 is 18.9 Å². The Morgan fingerprint density at radius 2 is 0.746 bits per heavy atom. The van der Waals surface area contributed by atoms with Crippen LogP contribution in [0.1, 0.15) is 83.5 Å². The van der Waals surface area contributed by atoms with Crippen LogP contribution < -0.4 is 0 Å². The van der Waals surface area contributed by atoms with Crippen LogP contribution in [0.5, 0.6) is 0 Å². The summed E-state index contributed by atoms with van der Waals surface area (Å²) < 4.78 is 26.6. The standard InChI is InChI=1S/C57H42O4S6/c1-31-9-15-35(16-10-31)56(34-7-5-4-6-8-34)38-29-44(40-21-23-42(62-40)54-58-25-26-59-54)64-48(38)50-46(56)52-53(66-50)47-51(67-52)49-39(30-45(65-49)41-22-24-43(63-41)55-60-27-28-61-55)57(47,36-17-11-32(2)12-18-36)37-19-13-33(3)14-20-37/h4-24,29-30,54-55H,25-28H2,1-3H3. The SMILES string of the molecule is Cc1ccc(C2(c3ccccc3)c3cc(-c4ccc(C5OCCO5)s4)sc3-c3sc4c5c(sc4c32)-c2sc(-c3ccc(C4OCCO4)s3)cc2C5(c2ccc(C)cc2)c2ccc(C)cc2)cc1. The third-order valence-corrected chi connectivity index (χ3v) is 21.8. The summed E-state index contributed by atoms with van der Waals surface area (Å²) in [6.45, 7) is 9.13. The topological polar surface area (TPSA) is 36.9 Å². The lowest BCUT2D eigenvalue weighted by molar-refractivity contribution is -0.0415. The molecule has 0 spiro atoms. The Labute approximate surface area is 413 Å². The van der Waals surface area contributed by atoms with E-state index in [1.54, 1.807) is 22.7 Å². The van der Waals surface area contributed by atoms with Crippen molar-refractivity contribution in [3.8, 4) is 39.0 Å². The van der Waals surface area contributed by atoms with Gasteiger partial charge in [-0.1, -0.05) is 120 Å². The summed E-state index contributed by atoms with van der Waals surface area (Å²) in [6, 6.07) is 53.5. The van der Waals surface area contributed by atoms with Gasteiger partial charge in [0.2, 0.25) is 0 Å². The van der Waals surface area contributed by atoms with Crippen molar-refractivity contribution in [2.75, 3.05) is 26.4 Å². The zero-order valence-corrected chi connectivity index (χ0v) is 41.7. The summed E-state index contributed by atoms with van der Waals surface area (Å²) in [5.41, 5.74) is 13.5. The number of benzene rings is 4. The molecule has 0 N–H and O–H groups in total. The van der Waals surface area contributed by atoms with Crippen molar-refractivity contribution in [1.29, 1.82) is 0 Å². The molecule has 8 heterocycles. The van der Waals surface area contributed by atoms with Crippen LogP contribution in [0.15, 0.2) is 140 Å². The second kappa shape index (κ2) is 15.6. The molecule has 1 unspecified atom stereocenters. The molecule has 4 nitrogen and oxygen atoms in total. The van der Waals surface area contributed by atoms with Gasteiger partial charge in [0.05, 0.1) is 75.9 Å². The molecule has 2 saturated heterocycles. The van der Waals surface area contributed by atoms with Crippen LogP contribution >= 0.6 is 68.0 Å². The predicted molar refractivity (Wildman–Crippen MR) is 280 cm³/mol. The van der Waals surface area contributed by atoms with Crippen molar-refractivity contribution in [1.82, 2.24) is 0 Å². The summed E-state index contributed by atoms with van der Waals surface area (Å²) in [6.07, 6.45) is -0.575. The molecule has 1 atom stereocenters. The van der Waals surface area contributed by atoms with Gasteiger partial charge in [-0.2, -0.15) is 0 Å². The number of ether oxygens (including phenoxy) is 4. The molecule has 6 aromatic heterocycles. The molecule has 67 heavy (non-hydrogen) atoms. The van der Waals surface area contributed by atoms with E-state index < -0.39 is 10.8 Å². The third kappa shape index (κ3) is 5.99. The predicted octanol–water partition coefficient (Wildman–Crippen LogP) is 16.3. The van der Waals surface area contributed by atoms with Gasteiger partial charge >= 0.3 is 0 Å². The number of hydrogen-bond acceptors (Lipinski definition) is 10. The lowest BCUT2D eigenvalue weighted by Gasteiger charge is -2.33. The minimum Gasteiger partial charge on any atom is -0.345 e. The van der Waals surface area contributed by atoms with Gasteiger partial charge in [0.1, 0.15) is 0 Å². The third-order valence-electron chi connectivity index (χ3n) is 14.1. The first-order valence-corrected chi connectivity index (χ1v) is 27.6. The highest BCUT2D eigenvalue weighted by atomic mass is 32.1. The van der Waals surface area contributed by atoms with Gasteiger partial charge in [-0.15, -0.1) is 68.0 Å². The molecule has 10 heteroatoms. The first kappa shape index (κ1) is 41.2. The molecule has 0 amide bonds. The fourth-order valence-corrected chi connectivity index (χ4v) is 19.0. The smallest absolute Gasteiger partial charge is 0.193 e. The zero-order chi connectivity index (χ0) is 44.6. The van der Waals surface area contributed by atoms with Crippen molar-refractivity contribution in [3.05, 3.63) is 210 Å². The van der Waals surface area contributed by atoms with Crippen LogP contribution in [-0.2, 0) is 29.8 Å². The minimum atomic E-state index is -0.546.